The van der Waals surface area contributed by atoms with E-state index in [-0.39, 0.29) is 17.7 Å². The number of aromatic nitrogens is 2. The summed E-state index contributed by atoms with van der Waals surface area (Å²) in [4.78, 5) is 13.6. The summed E-state index contributed by atoms with van der Waals surface area (Å²) in [5, 5.41) is 0. The Morgan fingerprint density at radius 2 is 2.10 bits per heavy atom. The molecule has 2 aromatic heterocycles. The van der Waals surface area contributed by atoms with Crippen LogP contribution in [-0.2, 0) is 4.74 Å². The third-order valence-electron chi connectivity index (χ3n) is 6.55. The molecule has 7 nitrogen and oxygen atoms in total. The summed E-state index contributed by atoms with van der Waals surface area (Å²) in [7, 11) is 0. The molecule has 9 heteroatoms. The molecule has 2 aromatic rings. The molecular weight excluding hydrogens is 404 g/mol. The van der Waals surface area contributed by atoms with Gasteiger partial charge in [-0.3, -0.25) is 0 Å². The van der Waals surface area contributed by atoms with E-state index in [0.29, 0.717) is 23.9 Å². The number of fused-ring (bicyclic) bond motifs is 1. The average Bonchev–Trinajstić information content (AvgIpc) is 3.36. The van der Waals surface area contributed by atoms with E-state index in [4.69, 9.17) is 15.5 Å². The molecule has 4 fully saturated rings. The second-order valence-electron chi connectivity index (χ2n) is 8.55. The second kappa shape index (κ2) is 8.11. The highest BCUT2D eigenvalue weighted by atomic mass is 19.3. The molecule has 0 amide bonds. The summed E-state index contributed by atoms with van der Waals surface area (Å²) in [6, 6.07) is 6.16. The van der Waals surface area contributed by atoms with E-state index < -0.39 is 6.61 Å². The molecule has 31 heavy (non-hydrogen) atoms. The standard InChI is InChI=1S/C22H27F2N5O2/c1-2-17-12-28(3-4-30-17)15-8-18(14-7-19(31-22(23)24)21(25)26-10-14)27-20(9-15)29-11-13-5-16(29)6-13/h7-10,13,16-17,22H,2-6,11-12H2,1H3,(H2,25,26)/t13?,16?,17-/m0/s1. The van der Waals surface area contributed by atoms with Crippen LogP contribution in [-0.4, -0.2) is 55.0 Å². The Morgan fingerprint density at radius 1 is 1.26 bits per heavy atom. The Balaban J connectivity index is 1.53. The predicted octanol–water partition coefficient (Wildman–Crippen LogP) is 3.54. The quantitative estimate of drug-likeness (QED) is 0.750. The van der Waals surface area contributed by atoms with Crippen LogP contribution in [0.5, 0.6) is 5.75 Å². The third-order valence-corrected chi connectivity index (χ3v) is 6.55. The normalized spacial score (nSPS) is 25.1. The molecule has 3 aliphatic heterocycles. The Labute approximate surface area is 180 Å². The van der Waals surface area contributed by atoms with Gasteiger partial charge in [-0.05, 0) is 37.3 Å². The highest BCUT2D eigenvalue weighted by Gasteiger charge is 2.43. The SMILES string of the molecule is CC[C@H]1CN(c2cc(-c3cnc(N)c(OC(F)F)c3)nc(N3CC4CC3C4)c2)CCO1. The lowest BCUT2D eigenvalue weighted by atomic mass is 9.86. The topological polar surface area (TPSA) is 76.7 Å². The average molecular weight is 431 g/mol. The van der Waals surface area contributed by atoms with Gasteiger partial charge in [0, 0.05) is 49.2 Å². The molecule has 0 aromatic carbocycles. The smallest absolute Gasteiger partial charge is 0.387 e. The van der Waals surface area contributed by atoms with Crippen molar-refractivity contribution >= 4 is 17.3 Å². The molecule has 2 bridgehead atoms. The van der Waals surface area contributed by atoms with Gasteiger partial charge in [-0.25, -0.2) is 9.97 Å². The van der Waals surface area contributed by atoms with E-state index >= 15 is 0 Å². The Morgan fingerprint density at radius 3 is 2.81 bits per heavy atom. The fraction of sp³-hybridized carbons (Fsp3) is 0.545. The minimum absolute atomic E-state index is 0.0697. The minimum atomic E-state index is -2.97. The molecule has 0 radical (unpaired) electrons. The van der Waals surface area contributed by atoms with E-state index in [9.17, 15) is 8.78 Å². The first-order valence-corrected chi connectivity index (χ1v) is 10.9. The number of nitrogens with two attached hydrogens (primary N) is 1. The van der Waals surface area contributed by atoms with Crippen LogP contribution in [0, 0.1) is 5.92 Å². The number of hydrogen-bond donors (Lipinski definition) is 1. The van der Waals surface area contributed by atoms with Crippen molar-refractivity contribution in [3.63, 3.8) is 0 Å². The monoisotopic (exact) mass is 431 g/mol. The molecule has 6 rings (SSSR count). The zero-order valence-corrected chi connectivity index (χ0v) is 17.5. The number of nitrogens with zero attached hydrogens (tertiary/aromatic N) is 4. The molecule has 0 spiro atoms. The van der Waals surface area contributed by atoms with Crippen molar-refractivity contribution < 1.29 is 18.3 Å². The molecule has 1 saturated carbocycles. The number of rotatable bonds is 6. The number of halogens is 2. The van der Waals surface area contributed by atoms with Crippen LogP contribution in [0.1, 0.15) is 26.2 Å². The van der Waals surface area contributed by atoms with Gasteiger partial charge in [-0.1, -0.05) is 6.92 Å². The highest BCUT2D eigenvalue weighted by Crippen LogP contribution is 2.44. The van der Waals surface area contributed by atoms with Crippen molar-refractivity contribution in [2.45, 2.75) is 44.9 Å². The molecule has 5 heterocycles. The number of nitrogen functional groups attached to an aromatic ring is 1. The molecule has 166 valence electrons. The number of ether oxygens (including phenoxy) is 2. The maximum absolute atomic E-state index is 12.8. The first-order valence-electron chi connectivity index (χ1n) is 10.9. The second-order valence-corrected chi connectivity index (χ2v) is 8.55. The molecule has 1 atom stereocenters. The number of anilines is 3. The van der Waals surface area contributed by atoms with Gasteiger partial charge in [0.2, 0.25) is 0 Å². The number of alkyl halides is 2. The maximum atomic E-state index is 12.8. The van der Waals surface area contributed by atoms with Crippen LogP contribution >= 0.6 is 0 Å². The summed E-state index contributed by atoms with van der Waals surface area (Å²) in [6.45, 7) is 2.46. The first-order chi connectivity index (χ1) is 15.0. The van der Waals surface area contributed by atoms with Crippen molar-refractivity contribution in [1.29, 1.82) is 0 Å². The largest absolute Gasteiger partial charge is 0.431 e. The summed E-state index contributed by atoms with van der Waals surface area (Å²) in [6.07, 6.45) is 5.13. The highest BCUT2D eigenvalue weighted by molar-refractivity contribution is 5.71. The predicted molar refractivity (Wildman–Crippen MR) is 115 cm³/mol. The fourth-order valence-corrected chi connectivity index (χ4v) is 4.78. The van der Waals surface area contributed by atoms with Crippen molar-refractivity contribution in [1.82, 2.24) is 9.97 Å². The van der Waals surface area contributed by atoms with Crippen molar-refractivity contribution in [2.24, 2.45) is 5.92 Å². The Kier molecular flexibility index (Phi) is 5.29. The van der Waals surface area contributed by atoms with Crippen LogP contribution in [0.25, 0.3) is 11.3 Å². The number of hydrogen-bond acceptors (Lipinski definition) is 7. The fourth-order valence-electron chi connectivity index (χ4n) is 4.78. The van der Waals surface area contributed by atoms with Crippen molar-refractivity contribution in [2.75, 3.05) is 41.8 Å². The first kappa shape index (κ1) is 20.2. The van der Waals surface area contributed by atoms with Crippen LogP contribution in [0.4, 0.5) is 26.1 Å². The molecule has 3 saturated heterocycles. The molecule has 4 aliphatic rings. The van der Waals surface area contributed by atoms with Crippen LogP contribution in [0.15, 0.2) is 24.4 Å². The van der Waals surface area contributed by atoms with Gasteiger partial charge >= 0.3 is 6.61 Å². The van der Waals surface area contributed by atoms with Gasteiger partial charge in [0.15, 0.2) is 11.6 Å². The summed E-state index contributed by atoms with van der Waals surface area (Å²) >= 11 is 0. The molecule has 2 N–H and O–H groups in total. The lowest BCUT2D eigenvalue weighted by Gasteiger charge is -2.35. The van der Waals surface area contributed by atoms with Crippen LogP contribution in [0.3, 0.4) is 0 Å². The zero-order valence-electron chi connectivity index (χ0n) is 17.5. The maximum Gasteiger partial charge on any atom is 0.387 e. The van der Waals surface area contributed by atoms with Gasteiger partial charge < -0.3 is 25.0 Å². The van der Waals surface area contributed by atoms with Gasteiger partial charge in [0.25, 0.3) is 0 Å². The van der Waals surface area contributed by atoms with Gasteiger partial charge in [-0.2, -0.15) is 8.78 Å². The summed E-state index contributed by atoms with van der Waals surface area (Å²) < 4.78 is 35.9. The van der Waals surface area contributed by atoms with Gasteiger partial charge in [0.1, 0.15) is 5.82 Å². The number of morpholine rings is 1. The Hall–Kier alpha value is -2.68. The van der Waals surface area contributed by atoms with E-state index in [1.54, 1.807) is 6.20 Å². The molecule has 1 aliphatic carbocycles. The van der Waals surface area contributed by atoms with Gasteiger partial charge in [-0.15, -0.1) is 0 Å². The Bertz CT molecular complexity index is 953. The van der Waals surface area contributed by atoms with Crippen LogP contribution < -0.4 is 20.3 Å². The zero-order chi connectivity index (χ0) is 21.5. The lowest BCUT2D eigenvalue weighted by molar-refractivity contribution is -0.0494. The summed E-state index contributed by atoms with van der Waals surface area (Å²) in [5.41, 5.74) is 8.05. The van der Waals surface area contributed by atoms with E-state index in [1.165, 1.54) is 18.9 Å². The van der Waals surface area contributed by atoms with E-state index in [0.717, 1.165) is 43.5 Å². The van der Waals surface area contributed by atoms with E-state index in [1.807, 2.05) is 6.07 Å². The van der Waals surface area contributed by atoms with Crippen molar-refractivity contribution in [3.8, 4) is 17.0 Å². The van der Waals surface area contributed by atoms with Crippen molar-refractivity contribution in [3.05, 3.63) is 24.4 Å². The lowest BCUT2D eigenvalue weighted by Crippen LogP contribution is -2.42. The number of pyridine rings is 2. The van der Waals surface area contributed by atoms with Crippen LogP contribution in [0.2, 0.25) is 0 Å². The minimum Gasteiger partial charge on any atom is -0.431 e. The summed E-state index contributed by atoms with van der Waals surface area (Å²) in [5.74, 6) is 1.46. The van der Waals surface area contributed by atoms with E-state index in [2.05, 4.69) is 32.5 Å². The van der Waals surface area contributed by atoms with Gasteiger partial charge in [0.05, 0.1) is 18.4 Å². The molecule has 0 unspecified atom stereocenters. The third kappa shape index (κ3) is 3.98. The molecular formula is C22H27F2N5O2.